The molecule has 2 aromatic rings. The smallest absolute Gasteiger partial charge is 0.147 e. The van der Waals surface area contributed by atoms with Crippen molar-refractivity contribution in [3.05, 3.63) is 46.2 Å². The van der Waals surface area contributed by atoms with Crippen LogP contribution in [0.3, 0.4) is 0 Å². The molecule has 0 saturated heterocycles. The monoisotopic (exact) mass is 261 g/mol. The molecule has 0 fully saturated rings. The molecule has 19 heavy (non-hydrogen) atoms. The van der Waals surface area contributed by atoms with Gasteiger partial charge in [0.2, 0.25) is 0 Å². The van der Waals surface area contributed by atoms with E-state index in [2.05, 4.69) is 0 Å². The van der Waals surface area contributed by atoms with Gasteiger partial charge in [-0.3, -0.25) is 4.57 Å². The Balaban J connectivity index is 2.81. The number of rotatable bonds is 1. The molecular formula is C14H13F2N3. The van der Waals surface area contributed by atoms with Crippen molar-refractivity contribution in [1.82, 2.24) is 4.57 Å². The summed E-state index contributed by atoms with van der Waals surface area (Å²) >= 11 is 0. The van der Waals surface area contributed by atoms with Gasteiger partial charge in [-0.1, -0.05) is 0 Å². The predicted molar refractivity (Wildman–Crippen MR) is 69.0 cm³/mol. The second kappa shape index (κ2) is 4.39. The molecule has 0 unspecified atom stereocenters. The SMILES string of the molecule is Cc1cc(F)c(-n2c(C)c(C)c(C#N)c2N)cc1F. The molecule has 0 bridgehead atoms. The van der Waals surface area contributed by atoms with Crippen molar-refractivity contribution in [2.75, 3.05) is 5.73 Å². The van der Waals surface area contributed by atoms with Gasteiger partial charge in [-0.2, -0.15) is 5.26 Å². The number of nitrogens with two attached hydrogens (primary N) is 1. The van der Waals surface area contributed by atoms with Gasteiger partial charge < -0.3 is 5.73 Å². The number of nitrogens with zero attached hydrogens (tertiary/aromatic N) is 2. The Morgan fingerprint density at radius 1 is 1.16 bits per heavy atom. The summed E-state index contributed by atoms with van der Waals surface area (Å²) in [7, 11) is 0. The number of halogens is 2. The highest BCUT2D eigenvalue weighted by Crippen LogP contribution is 2.29. The van der Waals surface area contributed by atoms with Gasteiger partial charge in [0, 0.05) is 11.8 Å². The number of hydrogen-bond donors (Lipinski definition) is 1. The predicted octanol–water partition coefficient (Wildman–Crippen LogP) is 3.13. The van der Waals surface area contributed by atoms with E-state index >= 15 is 0 Å². The van der Waals surface area contributed by atoms with Gasteiger partial charge in [-0.15, -0.1) is 0 Å². The maximum atomic E-state index is 14.0. The fraction of sp³-hybridized carbons (Fsp3) is 0.214. The molecule has 1 aromatic heterocycles. The molecule has 5 heteroatoms. The first-order chi connectivity index (χ1) is 8.88. The van der Waals surface area contributed by atoms with E-state index in [1.165, 1.54) is 11.5 Å². The molecule has 0 aliphatic rings. The van der Waals surface area contributed by atoms with Crippen LogP contribution in [0.25, 0.3) is 5.69 Å². The second-order valence-corrected chi connectivity index (χ2v) is 4.47. The molecule has 0 aliphatic heterocycles. The van der Waals surface area contributed by atoms with E-state index in [-0.39, 0.29) is 22.6 Å². The van der Waals surface area contributed by atoms with Gasteiger partial charge in [0.25, 0.3) is 0 Å². The lowest BCUT2D eigenvalue weighted by Crippen LogP contribution is -2.06. The zero-order chi connectivity index (χ0) is 14.3. The maximum absolute atomic E-state index is 14.0. The first kappa shape index (κ1) is 13.1. The van der Waals surface area contributed by atoms with E-state index in [9.17, 15) is 8.78 Å². The van der Waals surface area contributed by atoms with Crippen molar-refractivity contribution in [3.63, 3.8) is 0 Å². The van der Waals surface area contributed by atoms with Crippen molar-refractivity contribution in [2.24, 2.45) is 0 Å². The topological polar surface area (TPSA) is 54.7 Å². The number of nitriles is 1. The minimum Gasteiger partial charge on any atom is -0.384 e. The fourth-order valence-electron chi connectivity index (χ4n) is 2.09. The Labute approximate surface area is 109 Å². The summed E-state index contributed by atoms with van der Waals surface area (Å²) < 4.78 is 29.0. The third-order valence-electron chi connectivity index (χ3n) is 3.33. The van der Waals surface area contributed by atoms with Crippen LogP contribution in [0.15, 0.2) is 12.1 Å². The highest BCUT2D eigenvalue weighted by molar-refractivity contribution is 5.62. The summed E-state index contributed by atoms with van der Waals surface area (Å²) in [4.78, 5) is 0. The molecule has 0 saturated carbocycles. The van der Waals surface area contributed by atoms with Crippen molar-refractivity contribution >= 4 is 5.82 Å². The molecule has 2 rings (SSSR count). The average Bonchev–Trinajstić information content (AvgIpc) is 2.56. The van der Waals surface area contributed by atoms with Gasteiger partial charge in [0.15, 0.2) is 0 Å². The minimum atomic E-state index is -0.576. The van der Waals surface area contributed by atoms with Crippen molar-refractivity contribution in [3.8, 4) is 11.8 Å². The van der Waals surface area contributed by atoms with Crippen LogP contribution >= 0.6 is 0 Å². The Hall–Kier alpha value is -2.35. The number of nitrogen functional groups attached to an aromatic ring is 1. The van der Waals surface area contributed by atoms with Crippen LogP contribution in [-0.4, -0.2) is 4.57 Å². The van der Waals surface area contributed by atoms with E-state index in [0.717, 1.165) is 12.1 Å². The molecule has 2 N–H and O–H groups in total. The van der Waals surface area contributed by atoms with E-state index in [0.29, 0.717) is 11.3 Å². The summed E-state index contributed by atoms with van der Waals surface area (Å²) in [5.74, 6) is -0.965. The quantitative estimate of drug-likeness (QED) is 0.857. The Morgan fingerprint density at radius 2 is 1.79 bits per heavy atom. The van der Waals surface area contributed by atoms with Crippen LogP contribution in [0, 0.1) is 43.7 Å². The second-order valence-electron chi connectivity index (χ2n) is 4.47. The van der Waals surface area contributed by atoms with Crippen LogP contribution in [0.4, 0.5) is 14.6 Å². The number of anilines is 1. The van der Waals surface area contributed by atoms with Crippen LogP contribution in [0.2, 0.25) is 0 Å². The first-order valence-corrected chi connectivity index (χ1v) is 5.72. The molecule has 1 heterocycles. The van der Waals surface area contributed by atoms with E-state index < -0.39 is 11.6 Å². The number of aryl methyl sites for hydroxylation is 1. The molecule has 0 radical (unpaired) electrons. The Bertz CT molecular complexity index is 709. The highest BCUT2D eigenvalue weighted by atomic mass is 19.1. The van der Waals surface area contributed by atoms with Gasteiger partial charge in [-0.05, 0) is 38.0 Å². The minimum absolute atomic E-state index is 0.0164. The fourth-order valence-corrected chi connectivity index (χ4v) is 2.09. The summed E-state index contributed by atoms with van der Waals surface area (Å²) in [6, 6.07) is 4.19. The molecule has 0 amide bonds. The average molecular weight is 261 g/mol. The molecule has 3 nitrogen and oxygen atoms in total. The molecule has 98 valence electrons. The first-order valence-electron chi connectivity index (χ1n) is 5.72. The van der Waals surface area contributed by atoms with Gasteiger partial charge >= 0.3 is 0 Å². The number of hydrogen-bond acceptors (Lipinski definition) is 2. The molecular weight excluding hydrogens is 248 g/mol. The molecule has 0 spiro atoms. The summed E-state index contributed by atoms with van der Waals surface area (Å²) in [5.41, 5.74) is 7.67. The van der Waals surface area contributed by atoms with E-state index in [4.69, 9.17) is 11.0 Å². The number of aromatic nitrogens is 1. The van der Waals surface area contributed by atoms with Gasteiger partial charge in [-0.25, -0.2) is 8.78 Å². The molecule has 0 atom stereocenters. The van der Waals surface area contributed by atoms with Crippen LogP contribution in [-0.2, 0) is 0 Å². The lowest BCUT2D eigenvalue weighted by Gasteiger charge is -2.11. The number of benzene rings is 1. The lowest BCUT2D eigenvalue weighted by molar-refractivity contribution is 0.585. The Kier molecular flexibility index (Phi) is 3.03. The summed E-state index contributed by atoms with van der Waals surface area (Å²) in [6.07, 6.45) is 0. The van der Waals surface area contributed by atoms with Crippen LogP contribution in [0.5, 0.6) is 0 Å². The zero-order valence-electron chi connectivity index (χ0n) is 10.9. The third-order valence-corrected chi connectivity index (χ3v) is 3.33. The summed E-state index contributed by atoms with van der Waals surface area (Å²) in [5, 5.41) is 9.04. The highest BCUT2D eigenvalue weighted by Gasteiger charge is 2.19. The van der Waals surface area contributed by atoms with Crippen molar-refractivity contribution < 1.29 is 8.78 Å². The van der Waals surface area contributed by atoms with Crippen molar-refractivity contribution in [2.45, 2.75) is 20.8 Å². The van der Waals surface area contributed by atoms with E-state index in [1.807, 2.05) is 6.07 Å². The van der Waals surface area contributed by atoms with Crippen molar-refractivity contribution in [1.29, 1.82) is 5.26 Å². The van der Waals surface area contributed by atoms with Gasteiger partial charge in [0.1, 0.15) is 23.5 Å². The van der Waals surface area contributed by atoms with Gasteiger partial charge in [0.05, 0.1) is 11.3 Å². The lowest BCUT2D eigenvalue weighted by atomic mass is 10.2. The third kappa shape index (κ3) is 1.85. The standard InChI is InChI=1S/C14H13F2N3/c1-7-4-12(16)13(5-11(7)15)19-9(3)8(2)10(6-17)14(19)18/h4-5H,18H2,1-3H3. The van der Waals surface area contributed by atoms with Crippen LogP contribution < -0.4 is 5.73 Å². The largest absolute Gasteiger partial charge is 0.384 e. The molecule has 1 aromatic carbocycles. The summed E-state index contributed by atoms with van der Waals surface area (Å²) in [6.45, 7) is 4.92. The Morgan fingerprint density at radius 3 is 2.32 bits per heavy atom. The van der Waals surface area contributed by atoms with E-state index in [1.54, 1.807) is 13.8 Å². The zero-order valence-corrected chi connectivity index (χ0v) is 10.9. The molecule has 0 aliphatic carbocycles. The normalized spacial score (nSPS) is 10.5. The van der Waals surface area contributed by atoms with Crippen LogP contribution in [0.1, 0.15) is 22.4 Å². The maximum Gasteiger partial charge on any atom is 0.147 e.